The summed E-state index contributed by atoms with van der Waals surface area (Å²) in [5.74, 6) is -0.886. The number of aliphatic hydroxyl groups excluding tert-OH is 1. The van der Waals surface area contributed by atoms with Gasteiger partial charge in [-0.1, -0.05) is 12.8 Å². The molecule has 1 heterocycles. The number of aromatic hydroxyl groups is 1. The van der Waals surface area contributed by atoms with Gasteiger partial charge >= 0.3 is 0 Å². The van der Waals surface area contributed by atoms with Crippen LogP contribution in [0.2, 0.25) is 0 Å². The van der Waals surface area contributed by atoms with Crippen molar-refractivity contribution >= 4 is 11.8 Å². The van der Waals surface area contributed by atoms with Crippen molar-refractivity contribution in [1.82, 2.24) is 15.5 Å². The summed E-state index contributed by atoms with van der Waals surface area (Å²) in [5, 5.41) is 25.0. The second-order valence-corrected chi connectivity index (χ2v) is 7.48. The minimum Gasteiger partial charge on any atom is -0.508 e. The molecule has 3 rings (SSSR count). The first-order chi connectivity index (χ1) is 13.5. The van der Waals surface area contributed by atoms with Crippen molar-refractivity contribution in [3.8, 4) is 5.75 Å². The molecule has 0 spiro atoms. The van der Waals surface area contributed by atoms with Crippen molar-refractivity contribution in [3.05, 3.63) is 29.3 Å². The minimum absolute atomic E-state index is 0.00753. The van der Waals surface area contributed by atoms with E-state index < -0.39 is 18.6 Å². The second-order valence-electron chi connectivity index (χ2n) is 7.48. The highest BCUT2D eigenvalue weighted by atomic mass is 16.5. The van der Waals surface area contributed by atoms with Gasteiger partial charge in [0.2, 0.25) is 5.91 Å². The van der Waals surface area contributed by atoms with E-state index in [2.05, 4.69) is 15.5 Å². The fourth-order valence-corrected chi connectivity index (χ4v) is 3.72. The number of nitrogens with one attached hydrogen (secondary N) is 2. The summed E-state index contributed by atoms with van der Waals surface area (Å²) < 4.78 is 5.33. The van der Waals surface area contributed by atoms with E-state index in [1.54, 1.807) is 12.1 Å². The van der Waals surface area contributed by atoms with E-state index in [0.717, 1.165) is 44.3 Å². The molecule has 2 fully saturated rings. The van der Waals surface area contributed by atoms with Crippen LogP contribution >= 0.6 is 0 Å². The molecule has 1 saturated carbocycles. The largest absolute Gasteiger partial charge is 0.508 e. The Hall–Kier alpha value is -2.16. The topological polar surface area (TPSA) is 111 Å². The fraction of sp³-hybridized carbons (Fsp3) is 0.600. The van der Waals surface area contributed by atoms with Gasteiger partial charge in [0.05, 0.1) is 19.8 Å². The van der Waals surface area contributed by atoms with Crippen LogP contribution in [0.5, 0.6) is 5.75 Å². The summed E-state index contributed by atoms with van der Waals surface area (Å²) in [4.78, 5) is 27.1. The number of hydrogen-bond acceptors (Lipinski definition) is 6. The van der Waals surface area contributed by atoms with Gasteiger partial charge < -0.3 is 25.6 Å². The molecule has 1 aliphatic heterocycles. The molecule has 0 unspecified atom stereocenters. The quantitative estimate of drug-likeness (QED) is 0.535. The number of nitrogens with zero attached hydrogens (tertiary/aromatic N) is 1. The molecule has 1 aromatic rings. The molecule has 8 nitrogen and oxygen atoms in total. The van der Waals surface area contributed by atoms with Gasteiger partial charge in [0.15, 0.2) is 0 Å². The monoisotopic (exact) mass is 391 g/mol. The Labute approximate surface area is 164 Å². The standard InChI is InChI=1S/C20H29N3O5/c24-13-18(20(27)21-16-3-1-2-4-16)22-19(26)15-9-14(10-17(25)11-15)12-23-5-7-28-8-6-23/h9-11,16,18,24-25H,1-8,12-13H2,(H,21,27)(H,22,26)/t18-/m0/s1. The summed E-state index contributed by atoms with van der Waals surface area (Å²) in [6, 6.07) is 3.79. The first kappa shape index (κ1) is 20.6. The summed E-state index contributed by atoms with van der Waals surface area (Å²) >= 11 is 0. The highest BCUT2D eigenvalue weighted by molar-refractivity contribution is 5.98. The van der Waals surface area contributed by atoms with Crippen molar-refractivity contribution in [2.75, 3.05) is 32.9 Å². The van der Waals surface area contributed by atoms with E-state index in [4.69, 9.17) is 4.74 Å². The lowest BCUT2D eigenvalue weighted by Gasteiger charge is -2.26. The maximum absolute atomic E-state index is 12.6. The van der Waals surface area contributed by atoms with Crippen LogP contribution in [0.15, 0.2) is 18.2 Å². The Balaban J connectivity index is 1.62. The molecule has 0 aromatic heterocycles. The van der Waals surface area contributed by atoms with Crippen molar-refractivity contribution in [3.63, 3.8) is 0 Å². The highest BCUT2D eigenvalue weighted by Gasteiger charge is 2.25. The van der Waals surface area contributed by atoms with E-state index in [1.807, 2.05) is 0 Å². The first-order valence-electron chi connectivity index (χ1n) is 9.90. The minimum atomic E-state index is -1.02. The lowest BCUT2D eigenvalue weighted by atomic mass is 10.1. The Kier molecular flexibility index (Phi) is 7.24. The van der Waals surface area contributed by atoms with Crippen molar-refractivity contribution in [2.24, 2.45) is 0 Å². The molecule has 1 atom stereocenters. The summed E-state index contributed by atoms with van der Waals surface area (Å²) in [6.45, 7) is 3.05. The number of aliphatic hydroxyl groups is 1. The third-order valence-electron chi connectivity index (χ3n) is 5.26. The lowest BCUT2D eigenvalue weighted by Crippen LogP contribution is -2.51. The number of rotatable bonds is 7. The third-order valence-corrected chi connectivity index (χ3v) is 5.26. The van der Waals surface area contributed by atoms with Crippen LogP contribution in [0.4, 0.5) is 0 Å². The fourth-order valence-electron chi connectivity index (χ4n) is 3.72. The van der Waals surface area contributed by atoms with E-state index >= 15 is 0 Å². The van der Waals surface area contributed by atoms with Crippen LogP contribution in [-0.4, -0.2) is 71.9 Å². The Morgan fingerprint density at radius 2 is 1.89 bits per heavy atom. The average Bonchev–Trinajstić information content (AvgIpc) is 3.19. The number of carbonyl (C=O) groups excluding carboxylic acids is 2. The van der Waals surface area contributed by atoms with Crippen molar-refractivity contribution in [2.45, 2.75) is 44.3 Å². The number of hydrogen-bond donors (Lipinski definition) is 4. The predicted octanol–water partition coefficient (Wildman–Crippen LogP) is 0.374. The zero-order valence-corrected chi connectivity index (χ0v) is 16.0. The maximum Gasteiger partial charge on any atom is 0.252 e. The Morgan fingerprint density at radius 1 is 1.18 bits per heavy atom. The molecule has 2 aliphatic rings. The highest BCUT2D eigenvalue weighted by Crippen LogP contribution is 2.19. The predicted molar refractivity (Wildman–Crippen MR) is 103 cm³/mol. The van der Waals surface area contributed by atoms with E-state index in [9.17, 15) is 19.8 Å². The zero-order valence-electron chi connectivity index (χ0n) is 16.0. The van der Waals surface area contributed by atoms with Gasteiger partial charge in [0, 0.05) is 31.2 Å². The second kappa shape index (κ2) is 9.86. The van der Waals surface area contributed by atoms with E-state index in [0.29, 0.717) is 19.8 Å². The molecule has 0 radical (unpaired) electrons. The van der Waals surface area contributed by atoms with Crippen LogP contribution in [0.3, 0.4) is 0 Å². The van der Waals surface area contributed by atoms with Gasteiger partial charge in [-0.3, -0.25) is 14.5 Å². The summed E-state index contributed by atoms with van der Waals surface area (Å²) in [6.07, 6.45) is 4.01. The molecule has 1 saturated heterocycles. The molecule has 4 N–H and O–H groups in total. The lowest BCUT2D eigenvalue weighted by molar-refractivity contribution is -0.124. The maximum atomic E-state index is 12.6. The van der Waals surface area contributed by atoms with Crippen LogP contribution < -0.4 is 10.6 Å². The number of phenolic OH excluding ortho intramolecular Hbond substituents is 1. The molecule has 28 heavy (non-hydrogen) atoms. The molecule has 1 aromatic carbocycles. The average molecular weight is 391 g/mol. The van der Waals surface area contributed by atoms with Gasteiger partial charge in [0.1, 0.15) is 11.8 Å². The van der Waals surface area contributed by atoms with Gasteiger partial charge in [-0.25, -0.2) is 0 Å². The molecule has 154 valence electrons. The number of benzene rings is 1. The zero-order chi connectivity index (χ0) is 19.9. The summed E-state index contributed by atoms with van der Waals surface area (Å²) in [7, 11) is 0. The molecular formula is C20H29N3O5. The van der Waals surface area contributed by atoms with Gasteiger partial charge in [-0.15, -0.1) is 0 Å². The number of morpholine rings is 1. The van der Waals surface area contributed by atoms with Gasteiger partial charge in [-0.2, -0.15) is 0 Å². The normalized spacial score (nSPS) is 19.3. The Morgan fingerprint density at radius 3 is 2.57 bits per heavy atom. The number of carbonyl (C=O) groups is 2. The SMILES string of the molecule is O=C(N[C@@H](CO)C(=O)NC1CCCC1)c1cc(O)cc(CN2CCOCC2)c1. The van der Waals surface area contributed by atoms with Crippen LogP contribution in [0, 0.1) is 0 Å². The smallest absolute Gasteiger partial charge is 0.252 e. The van der Waals surface area contributed by atoms with Gasteiger partial charge in [-0.05, 0) is 36.6 Å². The van der Waals surface area contributed by atoms with Crippen LogP contribution in [0.1, 0.15) is 41.6 Å². The van der Waals surface area contributed by atoms with Gasteiger partial charge in [0.25, 0.3) is 5.91 Å². The van der Waals surface area contributed by atoms with Crippen molar-refractivity contribution in [1.29, 1.82) is 0 Å². The summed E-state index contributed by atoms with van der Waals surface area (Å²) in [5.41, 5.74) is 1.07. The van der Waals surface area contributed by atoms with Crippen LogP contribution in [-0.2, 0) is 16.1 Å². The van der Waals surface area contributed by atoms with E-state index in [1.165, 1.54) is 6.07 Å². The molecular weight excluding hydrogens is 362 g/mol. The number of phenols is 1. The number of amides is 2. The van der Waals surface area contributed by atoms with Crippen molar-refractivity contribution < 1.29 is 24.5 Å². The third kappa shape index (κ3) is 5.67. The Bertz CT molecular complexity index is 684. The molecule has 8 heteroatoms. The van der Waals surface area contributed by atoms with E-state index in [-0.39, 0.29) is 23.3 Å². The molecule has 2 amide bonds. The van der Waals surface area contributed by atoms with Crippen LogP contribution in [0.25, 0.3) is 0 Å². The first-order valence-corrected chi connectivity index (χ1v) is 9.90. The molecule has 0 bridgehead atoms. The molecule has 1 aliphatic carbocycles. The number of ether oxygens (including phenoxy) is 1.